The van der Waals surface area contributed by atoms with Crippen molar-refractivity contribution in [3.63, 3.8) is 0 Å². The highest BCUT2D eigenvalue weighted by molar-refractivity contribution is 6.43. The van der Waals surface area contributed by atoms with Crippen molar-refractivity contribution in [1.29, 1.82) is 0 Å². The van der Waals surface area contributed by atoms with Gasteiger partial charge in [-0.25, -0.2) is 4.79 Å². The van der Waals surface area contributed by atoms with Crippen LogP contribution in [-0.4, -0.2) is 25.3 Å². The van der Waals surface area contributed by atoms with E-state index < -0.39 is 0 Å². The van der Waals surface area contributed by atoms with E-state index in [1.54, 1.807) is 14.0 Å². The molecule has 0 radical (unpaired) electrons. The third kappa shape index (κ3) is 2.65. The van der Waals surface area contributed by atoms with Gasteiger partial charge in [-0.15, -0.1) is 0 Å². The molecule has 1 aromatic carbocycles. The van der Waals surface area contributed by atoms with Crippen molar-refractivity contribution in [2.45, 2.75) is 13.8 Å². The Morgan fingerprint density at radius 3 is 2.60 bits per heavy atom. The zero-order valence-corrected chi connectivity index (χ0v) is 9.28. The maximum Gasteiger partial charge on any atom is 0.357 e. The number of ether oxygens (including phenoxy) is 1. The SMILES string of the molecule is CCOC(=O)C(=NC)c1ccccc1C. The number of rotatable bonds is 3. The fraction of sp³-hybridized carbons (Fsp3) is 0.333. The second kappa shape index (κ2) is 5.29. The lowest BCUT2D eigenvalue weighted by Gasteiger charge is -2.07. The van der Waals surface area contributed by atoms with Crippen molar-refractivity contribution in [3.05, 3.63) is 35.4 Å². The predicted molar refractivity (Wildman–Crippen MR) is 60.3 cm³/mol. The smallest absolute Gasteiger partial charge is 0.357 e. The van der Waals surface area contributed by atoms with Crippen LogP contribution in [0.15, 0.2) is 29.3 Å². The maximum atomic E-state index is 11.6. The second-order valence-electron chi connectivity index (χ2n) is 3.11. The van der Waals surface area contributed by atoms with E-state index in [1.165, 1.54) is 0 Å². The molecule has 0 saturated carbocycles. The first kappa shape index (κ1) is 11.4. The van der Waals surface area contributed by atoms with E-state index in [9.17, 15) is 4.79 Å². The van der Waals surface area contributed by atoms with Crippen LogP contribution in [-0.2, 0) is 9.53 Å². The van der Waals surface area contributed by atoms with Crippen molar-refractivity contribution in [2.75, 3.05) is 13.7 Å². The molecule has 0 unspecified atom stereocenters. The Labute approximate surface area is 89.8 Å². The molecule has 15 heavy (non-hydrogen) atoms. The first-order chi connectivity index (χ1) is 7.20. The summed E-state index contributed by atoms with van der Waals surface area (Å²) in [6.45, 7) is 4.09. The van der Waals surface area contributed by atoms with Crippen LogP contribution in [0.5, 0.6) is 0 Å². The molecule has 3 heteroatoms. The Bertz CT molecular complexity index is 383. The molecule has 0 spiro atoms. The first-order valence-corrected chi connectivity index (χ1v) is 4.90. The Hall–Kier alpha value is -1.64. The lowest BCUT2D eigenvalue weighted by Crippen LogP contribution is -2.19. The molecule has 1 aromatic rings. The summed E-state index contributed by atoms with van der Waals surface area (Å²) in [7, 11) is 1.60. The van der Waals surface area contributed by atoms with Gasteiger partial charge < -0.3 is 4.74 Å². The Balaban J connectivity index is 3.04. The third-order valence-electron chi connectivity index (χ3n) is 2.09. The largest absolute Gasteiger partial charge is 0.461 e. The number of carbonyl (C=O) groups excluding carboxylic acids is 1. The standard InChI is InChI=1S/C12H15NO2/c1-4-15-12(14)11(13-3)10-8-6-5-7-9(10)2/h5-8H,4H2,1-3H3. The van der Waals surface area contributed by atoms with Gasteiger partial charge in [-0.1, -0.05) is 24.3 Å². The molecule has 3 nitrogen and oxygen atoms in total. The van der Waals surface area contributed by atoms with Crippen molar-refractivity contribution in [2.24, 2.45) is 4.99 Å². The molecule has 0 aliphatic heterocycles. The van der Waals surface area contributed by atoms with Gasteiger partial charge in [0.25, 0.3) is 0 Å². The minimum Gasteiger partial charge on any atom is -0.461 e. The summed E-state index contributed by atoms with van der Waals surface area (Å²) in [5.41, 5.74) is 2.24. The number of aryl methyl sites for hydroxylation is 1. The zero-order chi connectivity index (χ0) is 11.3. The van der Waals surface area contributed by atoms with Crippen molar-refractivity contribution in [1.82, 2.24) is 0 Å². The molecule has 80 valence electrons. The molecule has 0 aliphatic rings. The Kier molecular flexibility index (Phi) is 4.03. The van der Waals surface area contributed by atoms with Gasteiger partial charge in [0, 0.05) is 12.6 Å². The second-order valence-corrected chi connectivity index (χ2v) is 3.11. The van der Waals surface area contributed by atoms with Crippen LogP contribution in [0, 0.1) is 6.92 Å². The van der Waals surface area contributed by atoms with Gasteiger partial charge >= 0.3 is 5.97 Å². The van der Waals surface area contributed by atoms with Crippen LogP contribution in [0.4, 0.5) is 0 Å². The molecule has 0 aliphatic carbocycles. The summed E-state index contributed by atoms with van der Waals surface area (Å²) in [6.07, 6.45) is 0. The van der Waals surface area contributed by atoms with Gasteiger partial charge in [-0.3, -0.25) is 4.99 Å². The molecule has 0 amide bonds. The highest BCUT2D eigenvalue weighted by atomic mass is 16.5. The van der Waals surface area contributed by atoms with Crippen LogP contribution >= 0.6 is 0 Å². The molecule has 0 saturated heterocycles. The average Bonchev–Trinajstić information content (AvgIpc) is 2.22. The highest BCUT2D eigenvalue weighted by Crippen LogP contribution is 2.09. The van der Waals surface area contributed by atoms with E-state index in [4.69, 9.17) is 4.74 Å². The van der Waals surface area contributed by atoms with E-state index in [1.807, 2.05) is 31.2 Å². The monoisotopic (exact) mass is 205 g/mol. The van der Waals surface area contributed by atoms with Crippen LogP contribution in [0.25, 0.3) is 0 Å². The minimum absolute atomic E-state index is 0.365. The summed E-state index contributed by atoms with van der Waals surface area (Å²) < 4.78 is 4.93. The number of hydrogen-bond acceptors (Lipinski definition) is 3. The Morgan fingerprint density at radius 2 is 2.07 bits per heavy atom. The van der Waals surface area contributed by atoms with Gasteiger partial charge in [0.05, 0.1) is 6.61 Å². The molecule has 0 aromatic heterocycles. The van der Waals surface area contributed by atoms with E-state index >= 15 is 0 Å². The van der Waals surface area contributed by atoms with Gasteiger partial charge in [0.15, 0.2) is 0 Å². The van der Waals surface area contributed by atoms with Crippen LogP contribution in [0.3, 0.4) is 0 Å². The van der Waals surface area contributed by atoms with E-state index in [2.05, 4.69) is 4.99 Å². The fourth-order valence-corrected chi connectivity index (χ4v) is 1.36. The van der Waals surface area contributed by atoms with Crippen molar-refractivity contribution in [3.8, 4) is 0 Å². The van der Waals surface area contributed by atoms with Gasteiger partial charge in [0.2, 0.25) is 0 Å². The molecule has 0 bridgehead atoms. The number of hydrogen-bond donors (Lipinski definition) is 0. The number of benzene rings is 1. The minimum atomic E-state index is -0.366. The summed E-state index contributed by atoms with van der Waals surface area (Å²) in [5, 5.41) is 0. The summed E-state index contributed by atoms with van der Waals surface area (Å²) in [5.74, 6) is -0.366. The topological polar surface area (TPSA) is 38.7 Å². The molecule has 0 heterocycles. The molecule has 0 atom stereocenters. The molecule has 0 N–H and O–H groups in total. The number of aliphatic imine (C=N–C) groups is 1. The molecule has 0 fully saturated rings. The number of nitrogens with zero attached hydrogens (tertiary/aromatic N) is 1. The third-order valence-corrected chi connectivity index (χ3v) is 2.09. The normalized spacial score (nSPS) is 11.3. The molecular weight excluding hydrogens is 190 g/mol. The predicted octanol–water partition coefficient (Wildman–Crippen LogP) is 1.98. The Morgan fingerprint density at radius 1 is 1.40 bits per heavy atom. The van der Waals surface area contributed by atoms with E-state index in [0.29, 0.717) is 12.3 Å². The summed E-state index contributed by atoms with van der Waals surface area (Å²) >= 11 is 0. The number of carbonyl (C=O) groups is 1. The van der Waals surface area contributed by atoms with Crippen LogP contribution in [0.2, 0.25) is 0 Å². The van der Waals surface area contributed by atoms with Crippen LogP contribution < -0.4 is 0 Å². The van der Waals surface area contributed by atoms with Gasteiger partial charge in [-0.2, -0.15) is 0 Å². The van der Waals surface area contributed by atoms with E-state index in [0.717, 1.165) is 11.1 Å². The lowest BCUT2D eigenvalue weighted by atomic mass is 10.0. The lowest BCUT2D eigenvalue weighted by molar-refractivity contribution is -0.134. The van der Waals surface area contributed by atoms with Crippen molar-refractivity contribution >= 4 is 11.7 Å². The zero-order valence-electron chi connectivity index (χ0n) is 9.28. The molecule has 1 rings (SSSR count). The quantitative estimate of drug-likeness (QED) is 0.559. The molecular formula is C12H15NO2. The average molecular weight is 205 g/mol. The van der Waals surface area contributed by atoms with Gasteiger partial charge in [-0.05, 0) is 19.4 Å². The highest BCUT2D eigenvalue weighted by Gasteiger charge is 2.15. The summed E-state index contributed by atoms with van der Waals surface area (Å²) in [6, 6.07) is 7.62. The van der Waals surface area contributed by atoms with Crippen molar-refractivity contribution < 1.29 is 9.53 Å². The van der Waals surface area contributed by atoms with E-state index in [-0.39, 0.29) is 5.97 Å². The van der Waals surface area contributed by atoms with Crippen LogP contribution in [0.1, 0.15) is 18.1 Å². The fourth-order valence-electron chi connectivity index (χ4n) is 1.36. The summed E-state index contributed by atoms with van der Waals surface area (Å²) in [4.78, 5) is 15.6. The van der Waals surface area contributed by atoms with Gasteiger partial charge in [0.1, 0.15) is 5.71 Å². The first-order valence-electron chi connectivity index (χ1n) is 4.90. The number of esters is 1. The maximum absolute atomic E-state index is 11.6.